The Kier molecular flexibility index (Phi) is 11.4. The van der Waals surface area contributed by atoms with E-state index in [-0.39, 0.29) is 17.1 Å². The minimum absolute atomic E-state index is 0.0767. The zero-order chi connectivity index (χ0) is 17.6. The highest BCUT2D eigenvalue weighted by Gasteiger charge is 2.12. The van der Waals surface area contributed by atoms with E-state index in [0.717, 1.165) is 24.2 Å². The Morgan fingerprint density at radius 1 is 0.875 bits per heavy atom. The van der Waals surface area contributed by atoms with Crippen LogP contribution in [0.1, 0.15) is 74.6 Å². The molecule has 0 aliphatic heterocycles. The van der Waals surface area contributed by atoms with Crippen molar-refractivity contribution in [3.8, 4) is 11.5 Å². The number of ether oxygens (including phenoxy) is 1. The zero-order valence-corrected chi connectivity index (χ0v) is 15.9. The summed E-state index contributed by atoms with van der Waals surface area (Å²) in [5.41, 5.74) is 0.0905. The van der Waals surface area contributed by atoms with Crippen LogP contribution in [0.4, 0.5) is 0 Å². The van der Waals surface area contributed by atoms with Gasteiger partial charge in [-0.2, -0.15) is 0 Å². The topological polar surface area (TPSA) is 66.8 Å². The lowest BCUT2D eigenvalue weighted by Gasteiger charge is -2.07. The van der Waals surface area contributed by atoms with Crippen LogP contribution in [0.15, 0.2) is 18.2 Å². The number of phenolic OH excluding ortho intramolecular Hbond substituents is 2. The number of rotatable bonds is 13. The SMILES string of the molecule is O=C(OCCCCCCCCCCCCBr)c1ccc(O)cc1O. The maximum Gasteiger partial charge on any atom is 0.341 e. The number of esters is 1. The summed E-state index contributed by atoms with van der Waals surface area (Å²) in [4.78, 5) is 11.8. The molecular weight excluding hydrogens is 372 g/mol. The largest absolute Gasteiger partial charge is 0.508 e. The maximum atomic E-state index is 11.8. The Hall–Kier alpha value is -1.23. The molecule has 0 saturated heterocycles. The highest BCUT2D eigenvalue weighted by molar-refractivity contribution is 9.09. The number of carbonyl (C=O) groups excluding carboxylic acids is 1. The summed E-state index contributed by atoms with van der Waals surface area (Å²) in [5, 5.41) is 19.9. The summed E-state index contributed by atoms with van der Waals surface area (Å²) in [5.74, 6) is -0.876. The van der Waals surface area contributed by atoms with Gasteiger partial charge in [0.05, 0.1) is 6.61 Å². The number of alkyl halides is 1. The molecule has 0 saturated carbocycles. The molecule has 0 fully saturated rings. The minimum Gasteiger partial charge on any atom is -0.508 e. The molecule has 0 radical (unpaired) electrons. The predicted molar refractivity (Wildman–Crippen MR) is 100 cm³/mol. The summed E-state index contributed by atoms with van der Waals surface area (Å²) in [6.45, 7) is 0.367. The lowest BCUT2D eigenvalue weighted by Crippen LogP contribution is -2.06. The molecule has 5 heteroatoms. The Morgan fingerprint density at radius 3 is 1.96 bits per heavy atom. The van der Waals surface area contributed by atoms with Crippen LogP contribution >= 0.6 is 15.9 Å². The van der Waals surface area contributed by atoms with E-state index in [4.69, 9.17) is 4.74 Å². The lowest BCUT2D eigenvalue weighted by molar-refractivity contribution is 0.0494. The van der Waals surface area contributed by atoms with Gasteiger partial charge in [0.15, 0.2) is 0 Å². The molecule has 0 aliphatic rings. The van der Waals surface area contributed by atoms with E-state index in [1.165, 1.54) is 63.5 Å². The van der Waals surface area contributed by atoms with Gasteiger partial charge >= 0.3 is 5.97 Å². The number of halogens is 1. The fraction of sp³-hybridized carbons (Fsp3) is 0.632. The molecule has 1 aromatic carbocycles. The van der Waals surface area contributed by atoms with E-state index in [1.54, 1.807) is 0 Å². The van der Waals surface area contributed by atoms with Crippen molar-refractivity contribution in [1.29, 1.82) is 0 Å². The van der Waals surface area contributed by atoms with Gasteiger partial charge in [-0.3, -0.25) is 0 Å². The summed E-state index contributed by atoms with van der Waals surface area (Å²) < 4.78 is 5.15. The van der Waals surface area contributed by atoms with E-state index in [0.29, 0.717) is 6.61 Å². The van der Waals surface area contributed by atoms with Gasteiger partial charge in [-0.05, 0) is 25.0 Å². The Bertz CT molecular complexity index is 476. The first-order valence-corrected chi connectivity index (χ1v) is 10.0. The minimum atomic E-state index is -0.545. The highest BCUT2D eigenvalue weighted by atomic mass is 79.9. The Balaban J connectivity index is 1.97. The van der Waals surface area contributed by atoms with Gasteiger partial charge in [-0.25, -0.2) is 4.79 Å². The van der Waals surface area contributed by atoms with Gasteiger partial charge in [0, 0.05) is 11.4 Å². The van der Waals surface area contributed by atoms with Crippen molar-refractivity contribution in [2.75, 3.05) is 11.9 Å². The number of aromatic hydroxyl groups is 2. The zero-order valence-electron chi connectivity index (χ0n) is 14.3. The molecule has 4 nitrogen and oxygen atoms in total. The monoisotopic (exact) mass is 400 g/mol. The highest BCUT2D eigenvalue weighted by Crippen LogP contribution is 2.23. The number of carbonyl (C=O) groups is 1. The molecule has 136 valence electrons. The molecule has 0 atom stereocenters. The standard InChI is InChI=1S/C19H29BrO4/c20-13-9-7-5-3-1-2-4-6-8-10-14-24-19(23)17-12-11-16(21)15-18(17)22/h11-12,15,21-22H,1-10,13-14H2. The van der Waals surface area contributed by atoms with Crippen LogP contribution in [0.25, 0.3) is 0 Å². The Morgan fingerprint density at radius 2 is 1.42 bits per heavy atom. The summed E-state index contributed by atoms with van der Waals surface area (Å²) >= 11 is 3.45. The fourth-order valence-corrected chi connectivity index (χ4v) is 2.94. The van der Waals surface area contributed by atoms with Crippen LogP contribution in [0, 0.1) is 0 Å². The number of hydrogen-bond acceptors (Lipinski definition) is 4. The van der Waals surface area contributed by atoms with Gasteiger partial charge in [0.1, 0.15) is 17.1 Å². The van der Waals surface area contributed by atoms with Gasteiger partial charge in [0.25, 0.3) is 0 Å². The van der Waals surface area contributed by atoms with Gasteiger partial charge in [0.2, 0.25) is 0 Å². The molecule has 0 aromatic heterocycles. The molecule has 0 aliphatic carbocycles. The van der Waals surface area contributed by atoms with Crippen molar-refractivity contribution in [3.05, 3.63) is 23.8 Å². The molecule has 0 bridgehead atoms. The summed E-state index contributed by atoms with van der Waals surface area (Å²) in [6, 6.07) is 3.86. The maximum absolute atomic E-state index is 11.8. The molecular formula is C19H29BrO4. The quantitative estimate of drug-likeness (QED) is 0.258. The van der Waals surface area contributed by atoms with Crippen LogP contribution in [0.5, 0.6) is 11.5 Å². The van der Waals surface area contributed by atoms with Gasteiger partial charge in [-0.15, -0.1) is 0 Å². The van der Waals surface area contributed by atoms with Crippen molar-refractivity contribution in [2.45, 2.75) is 64.2 Å². The first-order chi connectivity index (χ1) is 11.6. The number of unbranched alkanes of at least 4 members (excludes halogenated alkanes) is 9. The van der Waals surface area contributed by atoms with E-state index in [9.17, 15) is 15.0 Å². The van der Waals surface area contributed by atoms with Crippen LogP contribution in [-0.4, -0.2) is 28.1 Å². The fourth-order valence-electron chi connectivity index (χ4n) is 2.55. The number of benzene rings is 1. The predicted octanol–water partition coefficient (Wildman–Crippen LogP) is 5.55. The molecule has 2 N–H and O–H groups in total. The first-order valence-electron chi connectivity index (χ1n) is 8.90. The van der Waals surface area contributed by atoms with E-state index < -0.39 is 5.97 Å². The molecule has 24 heavy (non-hydrogen) atoms. The smallest absolute Gasteiger partial charge is 0.341 e. The van der Waals surface area contributed by atoms with Gasteiger partial charge in [-0.1, -0.05) is 67.3 Å². The van der Waals surface area contributed by atoms with Gasteiger partial charge < -0.3 is 14.9 Å². The average Bonchev–Trinajstić information content (AvgIpc) is 2.55. The number of hydrogen-bond donors (Lipinski definition) is 2. The van der Waals surface area contributed by atoms with Crippen LogP contribution < -0.4 is 0 Å². The van der Waals surface area contributed by atoms with Crippen molar-refractivity contribution in [3.63, 3.8) is 0 Å². The third-order valence-corrected chi connectivity index (χ3v) is 4.52. The van der Waals surface area contributed by atoms with Crippen LogP contribution in [-0.2, 0) is 4.74 Å². The second-order valence-electron chi connectivity index (χ2n) is 6.06. The molecule has 0 unspecified atom stereocenters. The van der Waals surface area contributed by atoms with Crippen LogP contribution in [0.2, 0.25) is 0 Å². The van der Waals surface area contributed by atoms with Crippen molar-refractivity contribution < 1.29 is 19.7 Å². The summed E-state index contributed by atoms with van der Waals surface area (Å²) in [6.07, 6.45) is 12.2. The third-order valence-electron chi connectivity index (χ3n) is 3.96. The normalized spacial score (nSPS) is 10.7. The first kappa shape index (κ1) is 20.8. The second kappa shape index (κ2) is 13.1. The molecule has 0 spiro atoms. The lowest BCUT2D eigenvalue weighted by atomic mass is 10.1. The molecule has 0 amide bonds. The molecule has 1 rings (SSSR count). The van der Waals surface area contributed by atoms with Crippen molar-refractivity contribution in [1.82, 2.24) is 0 Å². The Labute approximate surface area is 153 Å². The molecule has 0 heterocycles. The van der Waals surface area contributed by atoms with Crippen LogP contribution in [0.3, 0.4) is 0 Å². The summed E-state index contributed by atoms with van der Waals surface area (Å²) in [7, 11) is 0. The van der Waals surface area contributed by atoms with Crippen molar-refractivity contribution >= 4 is 21.9 Å². The second-order valence-corrected chi connectivity index (χ2v) is 6.85. The van der Waals surface area contributed by atoms with E-state index in [1.807, 2.05) is 0 Å². The third kappa shape index (κ3) is 9.16. The van der Waals surface area contributed by atoms with E-state index >= 15 is 0 Å². The average molecular weight is 401 g/mol. The van der Waals surface area contributed by atoms with E-state index in [2.05, 4.69) is 15.9 Å². The molecule has 1 aromatic rings. The van der Waals surface area contributed by atoms with Crippen molar-refractivity contribution in [2.24, 2.45) is 0 Å². The number of phenols is 2.